The molecule has 2 rings (SSSR count). The standard InChI is InChI=1S/C19H19Cl2N3O3/c1-2-3-10-27-15-7-4-13(5-8-15)12-22-24-19(26)18(25)23-17-11-14(20)6-9-16(17)21/h4-9,11-12H,2-3,10H2,1H3,(H,23,25)(H,24,26)/b22-12-. The maximum atomic E-state index is 11.9. The van der Waals surface area contributed by atoms with Crippen LogP contribution in [-0.4, -0.2) is 24.6 Å². The number of amides is 2. The van der Waals surface area contributed by atoms with E-state index in [1.54, 1.807) is 18.2 Å². The number of hydrogen-bond acceptors (Lipinski definition) is 4. The SMILES string of the molecule is CCCCOc1ccc(/C=N\NC(=O)C(=O)Nc2cc(Cl)ccc2Cl)cc1. The van der Waals surface area contributed by atoms with Gasteiger partial charge in [-0.2, -0.15) is 5.10 Å². The average molecular weight is 408 g/mol. The van der Waals surface area contributed by atoms with Gasteiger partial charge in [-0.05, 0) is 54.4 Å². The zero-order valence-corrected chi connectivity index (χ0v) is 16.2. The third-order valence-electron chi connectivity index (χ3n) is 3.41. The van der Waals surface area contributed by atoms with Crippen molar-refractivity contribution in [3.05, 3.63) is 58.1 Å². The largest absolute Gasteiger partial charge is 0.494 e. The number of nitrogens with zero attached hydrogens (tertiary/aromatic N) is 1. The number of halogens is 2. The molecule has 0 unspecified atom stereocenters. The van der Waals surface area contributed by atoms with Crippen LogP contribution in [0, 0.1) is 0 Å². The number of hydrazone groups is 1. The van der Waals surface area contributed by atoms with Crippen LogP contribution in [0.15, 0.2) is 47.6 Å². The van der Waals surface area contributed by atoms with Crippen molar-refractivity contribution in [3.63, 3.8) is 0 Å². The van der Waals surface area contributed by atoms with E-state index in [2.05, 4.69) is 22.8 Å². The minimum absolute atomic E-state index is 0.243. The molecule has 2 aromatic rings. The van der Waals surface area contributed by atoms with Gasteiger partial charge in [-0.15, -0.1) is 0 Å². The van der Waals surface area contributed by atoms with E-state index in [9.17, 15) is 9.59 Å². The van der Waals surface area contributed by atoms with E-state index in [1.807, 2.05) is 12.1 Å². The smallest absolute Gasteiger partial charge is 0.329 e. The lowest BCUT2D eigenvalue weighted by molar-refractivity contribution is -0.136. The van der Waals surface area contributed by atoms with Crippen molar-refractivity contribution in [3.8, 4) is 5.75 Å². The van der Waals surface area contributed by atoms with Gasteiger partial charge < -0.3 is 10.1 Å². The van der Waals surface area contributed by atoms with Gasteiger partial charge in [-0.1, -0.05) is 36.5 Å². The molecule has 0 spiro atoms. The van der Waals surface area contributed by atoms with Gasteiger partial charge in [0.05, 0.1) is 23.5 Å². The van der Waals surface area contributed by atoms with E-state index < -0.39 is 11.8 Å². The molecule has 2 amide bonds. The van der Waals surface area contributed by atoms with Gasteiger partial charge in [0, 0.05) is 5.02 Å². The van der Waals surface area contributed by atoms with Crippen LogP contribution < -0.4 is 15.5 Å². The minimum atomic E-state index is -0.929. The number of ether oxygens (including phenoxy) is 1. The van der Waals surface area contributed by atoms with Gasteiger partial charge in [0.25, 0.3) is 0 Å². The van der Waals surface area contributed by atoms with Gasteiger partial charge in [-0.25, -0.2) is 5.43 Å². The molecule has 6 nitrogen and oxygen atoms in total. The van der Waals surface area contributed by atoms with Gasteiger partial charge in [0.1, 0.15) is 5.75 Å². The summed E-state index contributed by atoms with van der Waals surface area (Å²) in [6.45, 7) is 2.77. The second kappa shape index (κ2) is 10.5. The molecule has 0 saturated carbocycles. The van der Waals surface area contributed by atoms with Crippen LogP contribution >= 0.6 is 23.2 Å². The summed E-state index contributed by atoms with van der Waals surface area (Å²) >= 11 is 11.8. The highest BCUT2D eigenvalue weighted by atomic mass is 35.5. The maximum Gasteiger partial charge on any atom is 0.329 e. The Bertz CT molecular complexity index is 823. The number of rotatable bonds is 7. The molecule has 2 aromatic carbocycles. The summed E-state index contributed by atoms with van der Waals surface area (Å²) in [6, 6.07) is 11.8. The minimum Gasteiger partial charge on any atom is -0.494 e. The maximum absolute atomic E-state index is 11.9. The fraction of sp³-hybridized carbons (Fsp3) is 0.211. The van der Waals surface area contributed by atoms with Crippen LogP contribution in [0.25, 0.3) is 0 Å². The summed E-state index contributed by atoms with van der Waals surface area (Å²) < 4.78 is 5.56. The fourth-order valence-electron chi connectivity index (χ4n) is 1.97. The molecule has 0 aliphatic carbocycles. The van der Waals surface area contributed by atoms with Crippen LogP contribution in [0.1, 0.15) is 25.3 Å². The molecule has 2 N–H and O–H groups in total. The normalized spacial score (nSPS) is 10.6. The number of unbranched alkanes of at least 4 members (excludes halogenated alkanes) is 1. The second-order valence-corrected chi connectivity index (χ2v) is 6.39. The monoisotopic (exact) mass is 407 g/mol. The van der Waals surface area contributed by atoms with E-state index in [-0.39, 0.29) is 10.7 Å². The summed E-state index contributed by atoms with van der Waals surface area (Å²) in [6.07, 6.45) is 3.49. The molecule has 0 aromatic heterocycles. The van der Waals surface area contributed by atoms with Crippen molar-refractivity contribution < 1.29 is 14.3 Å². The quantitative estimate of drug-likeness (QED) is 0.311. The van der Waals surface area contributed by atoms with Crippen molar-refractivity contribution >= 4 is 46.9 Å². The Balaban J connectivity index is 1.85. The van der Waals surface area contributed by atoms with E-state index in [1.165, 1.54) is 18.3 Å². The van der Waals surface area contributed by atoms with E-state index in [0.717, 1.165) is 24.2 Å². The molecule has 0 heterocycles. The fourth-order valence-corrected chi connectivity index (χ4v) is 2.31. The third-order valence-corrected chi connectivity index (χ3v) is 3.97. The van der Waals surface area contributed by atoms with Crippen molar-refractivity contribution in [2.75, 3.05) is 11.9 Å². The Labute approximate surface area is 167 Å². The molecular formula is C19H19Cl2N3O3. The first-order chi connectivity index (χ1) is 13.0. The Morgan fingerprint density at radius 1 is 1.11 bits per heavy atom. The molecule has 0 saturated heterocycles. The van der Waals surface area contributed by atoms with Crippen molar-refractivity contribution in [2.45, 2.75) is 19.8 Å². The van der Waals surface area contributed by atoms with Crippen LogP contribution in [0.4, 0.5) is 5.69 Å². The lowest BCUT2D eigenvalue weighted by Crippen LogP contribution is -2.32. The summed E-state index contributed by atoms with van der Waals surface area (Å²) in [5.74, 6) is -1.07. The van der Waals surface area contributed by atoms with Crippen molar-refractivity contribution in [1.29, 1.82) is 0 Å². The number of hydrogen-bond donors (Lipinski definition) is 2. The predicted octanol–water partition coefficient (Wildman–Crippen LogP) is 4.26. The van der Waals surface area contributed by atoms with Crippen molar-refractivity contribution in [1.82, 2.24) is 5.43 Å². The average Bonchev–Trinajstić information content (AvgIpc) is 2.66. The summed E-state index contributed by atoms with van der Waals surface area (Å²) in [4.78, 5) is 23.7. The highest BCUT2D eigenvalue weighted by molar-refractivity contribution is 6.42. The van der Waals surface area contributed by atoms with Crippen LogP contribution in [-0.2, 0) is 9.59 Å². The van der Waals surface area contributed by atoms with Crippen LogP contribution in [0.3, 0.4) is 0 Å². The molecule has 27 heavy (non-hydrogen) atoms. The first-order valence-corrected chi connectivity index (χ1v) is 9.07. The molecule has 0 fully saturated rings. The van der Waals surface area contributed by atoms with E-state index >= 15 is 0 Å². The number of nitrogens with one attached hydrogen (secondary N) is 2. The number of carbonyl (C=O) groups is 2. The molecule has 0 radical (unpaired) electrons. The summed E-state index contributed by atoms with van der Waals surface area (Å²) in [7, 11) is 0. The van der Waals surface area contributed by atoms with E-state index in [0.29, 0.717) is 11.6 Å². The molecular weight excluding hydrogens is 389 g/mol. The highest BCUT2D eigenvalue weighted by Crippen LogP contribution is 2.25. The predicted molar refractivity (Wildman–Crippen MR) is 108 cm³/mol. The molecule has 0 aliphatic heterocycles. The van der Waals surface area contributed by atoms with Gasteiger partial charge >= 0.3 is 11.8 Å². The Kier molecular flexibility index (Phi) is 8.10. The zero-order valence-electron chi connectivity index (χ0n) is 14.7. The Hall–Kier alpha value is -2.57. The lowest BCUT2D eigenvalue weighted by Gasteiger charge is -2.06. The molecule has 0 aliphatic rings. The van der Waals surface area contributed by atoms with Gasteiger partial charge in [0.15, 0.2) is 0 Å². The Morgan fingerprint density at radius 3 is 2.56 bits per heavy atom. The molecule has 142 valence electrons. The Morgan fingerprint density at radius 2 is 1.85 bits per heavy atom. The lowest BCUT2D eigenvalue weighted by atomic mass is 10.2. The summed E-state index contributed by atoms with van der Waals surface area (Å²) in [5, 5.41) is 6.79. The zero-order chi connectivity index (χ0) is 19.6. The third kappa shape index (κ3) is 6.92. The van der Waals surface area contributed by atoms with Gasteiger partial charge in [0.2, 0.25) is 0 Å². The molecule has 8 heteroatoms. The van der Waals surface area contributed by atoms with Crippen LogP contribution in [0.5, 0.6) is 5.75 Å². The van der Waals surface area contributed by atoms with Crippen LogP contribution in [0.2, 0.25) is 10.0 Å². The number of benzene rings is 2. The van der Waals surface area contributed by atoms with Gasteiger partial charge in [-0.3, -0.25) is 9.59 Å². The highest BCUT2D eigenvalue weighted by Gasteiger charge is 2.14. The first kappa shape index (κ1) is 20.7. The number of carbonyl (C=O) groups excluding carboxylic acids is 2. The molecule has 0 bridgehead atoms. The molecule has 0 atom stereocenters. The van der Waals surface area contributed by atoms with Crippen molar-refractivity contribution in [2.24, 2.45) is 5.10 Å². The summed E-state index contributed by atoms with van der Waals surface area (Å²) in [5.41, 5.74) is 3.14. The first-order valence-electron chi connectivity index (χ1n) is 8.32. The second-order valence-electron chi connectivity index (χ2n) is 5.55. The topological polar surface area (TPSA) is 79.8 Å². The van der Waals surface area contributed by atoms with E-state index in [4.69, 9.17) is 27.9 Å². The number of anilines is 1.